The van der Waals surface area contributed by atoms with Crippen molar-refractivity contribution in [3.05, 3.63) is 65.2 Å². The smallest absolute Gasteiger partial charge is 0.249 e. The van der Waals surface area contributed by atoms with Gasteiger partial charge in [0.15, 0.2) is 0 Å². The molecule has 1 unspecified atom stereocenters. The zero-order valence-corrected chi connectivity index (χ0v) is 15.4. The quantitative estimate of drug-likeness (QED) is 0.853. The van der Waals surface area contributed by atoms with Crippen molar-refractivity contribution in [2.24, 2.45) is 5.73 Å². The van der Waals surface area contributed by atoms with Gasteiger partial charge in [-0.05, 0) is 54.5 Å². The number of ether oxygens (including phenoxy) is 2. The molecule has 3 N–H and O–H groups in total. The molecule has 2 aliphatic heterocycles. The number of rotatable bonds is 5. The number of carbonyl (C=O) groups excluding carboxylic acids is 1. The van der Waals surface area contributed by atoms with Crippen LogP contribution >= 0.6 is 0 Å². The van der Waals surface area contributed by atoms with Gasteiger partial charge in [-0.25, -0.2) is 0 Å². The van der Waals surface area contributed by atoms with E-state index in [1.165, 1.54) is 5.56 Å². The van der Waals surface area contributed by atoms with Gasteiger partial charge in [-0.1, -0.05) is 36.4 Å². The zero-order valence-electron chi connectivity index (χ0n) is 15.4. The fraction of sp³-hybridized carbons (Fsp3) is 0.409. The summed E-state index contributed by atoms with van der Waals surface area (Å²) in [6.45, 7) is 1.23. The van der Waals surface area contributed by atoms with Crippen LogP contribution in [0.1, 0.15) is 42.0 Å². The van der Waals surface area contributed by atoms with Crippen molar-refractivity contribution in [3.63, 3.8) is 0 Å². The molecular formula is C22H26N2O3. The number of amides is 1. The summed E-state index contributed by atoms with van der Waals surface area (Å²) in [5, 5.41) is 3.20. The summed E-state index contributed by atoms with van der Waals surface area (Å²) >= 11 is 0. The molecule has 5 nitrogen and oxygen atoms in total. The van der Waals surface area contributed by atoms with E-state index in [1.807, 2.05) is 42.5 Å². The second-order valence-corrected chi connectivity index (χ2v) is 7.23. The maximum atomic E-state index is 12.9. The SMILES string of the molecule is NC[C@H]1CC[C@@H](C(=O)NC(c2ccccc2)c2ccc3c(c2)CCCO3)O1. The highest BCUT2D eigenvalue weighted by atomic mass is 16.5. The van der Waals surface area contributed by atoms with Gasteiger partial charge in [-0.15, -0.1) is 0 Å². The first-order valence-corrected chi connectivity index (χ1v) is 9.71. The molecule has 2 aromatic carbocycles. The van der Waals surface area contributed by atoms with Crippen LogP contribution in [-0.2, 0) is 16.0 Å². The molecule has 142 valence electrons. The number of fused-ring (bicyclic) bond motifs is 1. The molecule has 0 bridgehead atoms. The molecule has 0 radical (unpaired) electrons. The normalized spacial score (nSPS) is 22.6. The van der Waals surface area contributed by atoms with E-state index >= 15 is 0 Å². The van der Waals surface area contributed by atoms with Crippen molar-refractivity contribution in [1.29, 1.82) is 0 Å². The van der Waals surface area contributed by atoms with Crippen LogP contribution < -0.4 is 15.8 Å². The van der Waals surface area contributed by atoms with Gasteiger partial charge in [-0.3, -0.25) is 4.79 Å². The number of carbonyl (C=O) groups is 1. The lowest BCUT2D eigenvalue weighted by Crippen LogP contribution is -2.38. The van der Waals surface area contributed by atoms with Crippen LogP contribution in [0.5, 0.6) is 5.75 Å². The third kappa shape index (κ3) is 3.99. The van der Waals surface area contributed by atoms with E-state index in [-0.39, 0.29) is 18.1 Å². The van der Waals surface area contributed by atoms with Crippen molar-refractivity contribution < 1.29 is 14.3 Å². The number of hydrogen-bond acceptors (Lipinski definition) is 4. The Balaban J connectivity index is 1.59. The van der Waals surface area contributed by atoms with Gasteiger partial charge < -0.3 is 20.5 Å². The Kier molecular flexibility index (Phi) is 5.41. The summed E-state index contributed by atoms with van der Waals surface area (Å²) in [7, 11) is 0. The summed E-state index contributed by atoms with van der Waals surface area (Å²) in [4.78, 5) is 12.9. The number of benzene rings is 2. The molecule has 0 aromatic heterocycles. The molecule has 0 aliphatic carbocycles. The molecule has 0 saturated carbocycles. The van der Waals surface area contributed by atoms with E-state index in [9.17, 15) is 4.79 Å². The fourth-order valence-electron chi connectivity index (χ4n) is 3.87. The van der Waals surface area contributed by atoms with Gasteiger partial charge in [0, 0.05) is 6.54 Å². The molecule has 1 amide bonds. The van der Waals surface area contributed by atoms with E-state index < -0.39 is 6.10 Å². The van der Waals surface area contributed by atoms with Crippen molar-refractivity contribution in [2.45, 2.75) is 43.9 Å². The summed E-state index contributed by atoms with van der Waals surface area (Å²) < 4.78 is 11.5. The molecule has 2 aromatic rings. The van der Waals surface area contributed by atoms with Gasteiger partial charge in [0.05, 0.1) is 18.8 Å². The van der Waals surface area contributed by atoms with E-state index in [2.05, 4.69) is 11.4 Å². The minimum Gasteiger partial charge on any atom is -0.493 e. The van der Waals surface area contributed by atoms with Crippen LogP contribution in [-0.4, -0.2) is 31.3 Å². The molecule has 3 atom stereocenters. The Labute approximate surface area is 159 Å². The first-order valence-electron chi connectivity index (χ1n) is 9.71. The predicted molar refractivity (Wildman–Crippen MR) is 104 cm³/mol. The van der Waals surface area contributed by atoms with E-state index in [0.717, 1.165) is 42.7 Å². The van der Waals surface area contributed by atoms with Gasteiger partial charge in [0.2, 0.25) is 5.91 Å². The highest BCUT2D eigenvalue weighted by Crippen LogP contribution is 2.31. The molecule has 5 heteroatoms. The maximum absolute atomic E-state index is 12.9. The second-order valence-electron chi connectivity index (χ2n) is 7.23. The third-order valence-electron chi connectivity index (χ3n) is 5.35. The molecular weight excluding hydrogens is 340 g/mol. The van der Waals surface area contributed by atoms with E-state index in [0.29, 0.717) is 13.0 Å². The molecule has 4 rings (SSSR count). The lowest BCUT2D eigenvalue weighted by Gasteiger charge is -2.24. The Bertz CT molecular complexity index is 793. The van der Waals surface area contributed by atoms with Gasteiger partial charge >= 0.3 is 0 Å². The number of nitrogens with two attached hydrogens (primary N) is 1. The first-order chi connectivity index (χ1) is 13.2. The lowest BCUT2D eigenvalue weighted by molar-refractivity contribution is -0.132. The predicted octanol–water partition coefficient (Wildman–Crippen LogP) is 2.72. The van der Waals surface area contributed by atoms with Crippen LogP contribution in [0, 0.1) is 0 Å². The Morgan fingerprint density at radius 2 is 2.00 bits per heavy atom. The van der Waals surface area contributed by atoms with Crippen LogP contribution in [0.2, 0.25) is 0 Å². The number of hydrogen-bond donors (Lipinski definition) is 2. The van der Waals surface area contributed by atoms with Crippen molar-refractivity contribution in [2.75, 3.05) is 13.2 Å². The molecule has 1 saturated heterocycles. The van der Waals surface area contributed by atoms with E-state index in [4.69, 9.17) is 15.2 Å². The third-order valence-corrected chi connectivity index (χ3v) is 5.35. The average Bonchev–Trinajstić information content (AvgIpc) is 3.22. The fourth-order valence-corrected chi connectivity index (χ4v) is 3.87. The summed E-state index contributed by atoms with van der Waals surface area (Å²) in [5.41, 5.74) is 8.99. The maximum Gasteiger partial charge on any atom is 0.249 e. The molecule has 27 heavy (non-hydrogen) atoms. The van der Waals surface area contributed by atoms with Gasteiger partial charge in [0.25, 0.3) is 0 Å². The van der Waals surface area contributed by atoms with Crippen molar-refractivity contribution in [1.82, 2.24) is 5.32 Å². The minimum atomic E-state index is -0.425. The summed E-state index contributed by atoms with van der Waals surface area (Å²) in [5.74, 6) is 0.877. The van der Waals surface area contributed by atoms with Crippen LogP contribution in [0.25, 0.3) is 0 Å². The Morgan fingerprint density at radius 1 is 1.15 bits per heavy atom. The monoisotopic (exact) mass is 366 g/mol. The van der Waals surface area contributed by atoms with Gasteiger partial charge in [-0.2, -0.15) is 0 Å². The van der Waals surface area contributed by atoms with E-state index in [1.54, 1.807) is 0 Å². The van der Waals surface area contributed by atoms with Gasteiger partial charge in [0.1, 0.15) is 11.9 Å². The molecule has 1 fully saturated rings. The summed E-state index contributed by atoms with van der Waals surface area (Å²) in [6.07, 6.45) is 3.13. The molecule has 0 spiro atoms. The zero-order chi connectivity index (χ0) is 18.6. The standard InChI is InChI=1S/C22H26N2O3/c23-14-18-9-11-20(27-18)22(25)24-21(15-5-2-1-3-6-15)17-8-10-19-16(13-17)7-4-12-26-19/h1-3,5-6,8,10,13,18,20-21H,4,7,9,11-12,14,23H2,(H,24,25)/t18-,20+,21?/m1/s1. The topological polar surface area (TPSA) is 73.6 Å². The van der Waals surface area contributed by atoms with Crippen molar-refractivity contribution in [3.8, 4) is 5.75 Å². The van der Waals surface area contributed by atoms with Crippen LogP contribution in [0.4, 0.5) is 0 Å². The van der Waals surface area contributed by atoms with Crippen LogP contribution in [0.3, 0.4) is 0 Å². The largest absolute Gasteiger partial charge is 0.493 e. The Morgan fingerprint density at radius 3 is 2.78 bits per heavy atom. The minimum absolute atomic E-state index is 0.0168. The molecule has 2 aliphatic rings. The highest BCUT2D eigenvalue weighted by Gasteiger charge is 2.31. The van der Waals surface area contributed by atoms with Crippen LogP contribution in [0.15, 0.2) is 48.5 Å². The first kappa shape index (κ1) is 18.0. The average molecular weight is 366 g/mol. The number of nitrogens with one attached hydrogen (secondary N) is 1. The molecule has 2 heterocycles. The van der Waals surface area contributed by atoms with Crippen molar-refractivity contribution >= 4 is 5.91 Å². The highest BCUT2D eigenvalue weighted by molar-refractivity contribution is 5.82. The lowest BCUT2D eigenvalue weighted by atomic mass is 9.94. The second kappa shape index (κ2) is 8.11. The number of aryl methyl sites for hydroxylation is 1. The Hall–Kier alpha value is -2.37. The summed E-state index contributed by atoms with van der Waals surface area (Å²) in [6, 6.07) is 16.0.